The molecule has 2 N–H and O–H groups in total. The van der Waals surface area contributed by atoms with E-state index in [4.69, 9.17) is 9.57 Å². The van der Waals surface area contributed by atoms with Crippen LogP contribution < -0.4 is 5.32 Å². The number of benzene rings is 1. The van der Waals surface area contributed by atoms with Crippen LogP contribution in [0.1, 0.15) is 52.0 Å². The highest BCUT2D eigenvalue weighted by Crippen LogP contribution is 2.24. The van der Waals surface area contributed by atoms with Gasteiger partial charge in [-0.05, 0) is 45.6 Å². The lowest BCUT2D eigenvalue weighted by Crippen LogP contribution is -2.50. The van der Waals surface area contributed by atoms with E-state index in [9.17, 15) is 38.7 Å². The number of hydrogen-bond donors (Lipinski definition) is 2. The van der Waals surface area contributed by atoms with E-state index in [1.54, 1.807) is 51.1 Å². The van der Waals surface area contributed by atoms with Crippen LogP contribution in [0.25, 0.3) is 0 Å². The largest absolute Gasteiger partial charge is 0.475 e. The van der Waals surface area contributed by atoms with Crippen molar-refractivity contribution in [2.24, 2.45) is 5.92 Å². The van der Waals surface area contributed by atoms with Crippen LogP contribution >= 0.6 is 0 Å². The predicted octanol–water partition coefficient (Wildman–Crippen LogP) is 1.08. The van der Waals surface area contributed by atoms with Crippen molar-refractivity contribution in [3.63, 3.8) is 0 Å². The predicted molar refractivity (Wildman–Crippen MR) is 141 cm³/mol. The smallest absolute Gasteiger partial charge is 0.435 e. The number of carboxylic acids is 1. The molecule has 0 saturated carbocycles. The Morgan fingerprint density at radius 2 is 1.73 bits per heavy atom. The molecule has 3 atom stereocenters. The van der Waals surface area contributed by atoms with Crippen LogP contribution in [0, 0.1) is 5.92 Å². The zero-order valence-corrected chi connectivity index (χ0v) is 23.3. The van der Waals surface area contributed by atoms with E-state index in [1.165, 1.54) is 0 Å². The number of carbonyl (C=O) groups excluding carboxylic acids is 6. The molecule has 41 heavy (non-hydrogen) atoms. The molecule has 13 heteroatoms. The SMILES string of the molecule is CC(C)(C)OC(=O)N1OCCC1C(=O)NCC(=O)C(=O)N1CCC[C@H]1C(=O)C[C@@H](Cc1ccccc1)C(=O)C(=O)O. The molecule has 1 unspecified atom stereocenters. The first-order chi connectivity index (χ1) is 19.3. The number of carboxylic acid groups (broad SMARTS) is 1. The van der Waals surface area contributed by atoms with Crippen molar-refractivity contribution >= 4 is 41.2 Å². The molecule has 222 valence electrons. The Morgan fingerprint density at radius 1 is 1.05 bits per heavy atom. The maximum atomic E-state index is 13.2. The van der Waals surface area contributed by atoms with Crippen molar-refractivity contribution in [1.29, 1.82) is 0 Å². The van der Waals surface area contributed by atoms with Gasteiger partial charge in [-0.1, -0.05) is 30.3 Å². The van der Waals surface area contributed by atoms with Gasteiger partial charge in [0, 0.05) is 25.3 Å². The molecule has 0 aliphatic carbocycles. The molecule has 3 rings (SSSR count). The van der Waals surface area contributed by atoms with Crippen LogP contribution in [-0.4, -0.2) is 93.7 Å². The van der Waals surface area contributed by atoms with Crippen molar-refractivity contribution < 1.29 is 48.2 Å². The average Bonchev–Trinajstić information content (AvgIpc) is 3.60. The third-order valence-corrected chi connectivity index (χ3v) is 6.68. The van der Waals surface area contributed by atoms with Crippen LogP contribution in [0.3, 0.4) is 0 Å². The summed E-state index contributed by atoms with van der Waals surface area (Å²) in [6, 6.07) is 6.62. The molecule has 3 amide bonds. The Morgan fingerprint density at radius 3 is 2.37 bits per heavy atom. The summed E-state index contributed by atoms with van der Waals surface area (Å²) >= 11 is 0. The van der Waals surface area contributed by atoms with Crippen LogP contribution in [0.15, 0.2) is 30.3 Å². The van der Waals surface area contributed by atoms with Gasteiger partial charge in [0.1, 0.15) is 11.6 Å². The topological polar surface area (TPSA) is 177 Å². The van der Waals surface area contributed by atoms with Gasteiger partial charge in [-0.3, -0.25) is 28.8 Å². The monoisotopic (exact) mass is 573 g/mol. The number of ether oxygens (including phenoxy) is 1. The Labute approximate surface area is 237 Å². The van der Waals surface area contributed by atoms with Gasteiger partial charge in [-0.15, -0.1) is 0 Å². The fourth-order valence-electron chi connectivity index (χ4n) is 4.77. The number of hydrogen-bond acceptors (Lipinski definition) is 9. The third-order valence-electron chi connectivity index (χ3n) is 6.68. The summed E-state index contributed by atoms with van der Waals surface area (Å²) in [6.07, 6.45) is -0.371. The second kappa shape index (κ2) is 13.5. The second-order valence-corrected chi connectivity index (χ2v) is 11.0. The van der Waals surface area contributed by atoms with Crippen molar-refractivity contribution in [1.82, 2.24) is 15.3 Å². The first kappa shape index (κ1) is 31.4. The molecular weight excluding hydrogens is 538 g/mol. The maximum absolute atomic E-state index is 13.2. The Kier molecular flexibility index (Phi) is 10.3. The van der Waals surface area contributed by atoms with Crippen molar-refractivity contribution in [3.8, 4) is 0 Å². The molecule has 13 nitrogen and oxygen atoms in total. The van der Waals surface area contributed by atoms with E-state index in [-0.39, 0.29) is 32.4 Å². The lowest BCUT2D eigenvalue weighted by atomic mass is 9.88. The van der Waals surface area contributed by atoms with Gasteiger partial charge in [-0.25, -0.2) is 9.59 Å². The van der Waals surface area contributed by atoms with Gasteiger partial charge in [-0.2, -0.15) is 5.06 Å². The first-order valence-corrected chi connectivity index (χ1v) is 13.4. The van der Waals surface area contributed by atoms with Gasteiger partial charge < -0.3 is 20.1 Å². The molecule has 2 aliphatic rings. The molecule has 1 aromatic rings. The van der Waals surface area contributed by atoms with E-state index >= 15 is 0 Å². The number of amides is 3. The minimum Gasteiger partial charge on any atom is -0.475 e. The summed E-state index contributed by atoms with van der Waals surface area (Å²) in [4.78, 5) is 93.9. The number of aliphatic carboxylic acids is 1. The van der Waals surface area contributed by atoms with Crippen molar-refractivity contribution in [2.45, 2.75) is 70.6 Å². The summed E-state index contributed by atoms with van der Waals surface area (Å²) in [5, 5.41) is 12.4. The van der Waals surface area contributed by atoms with E-state index in [0.717, 1.165) is 9.96 Å². The second-order valence-electron chi connectivity index (χ2n) is 11.0. The van der Waals surface area contributed by atoms with E-state index in [2.05, 4.69) is 5.32 Å². The highest BCUT2D eigenvalue weighted by Gasteiger charge is 2.41. The molecule has 2 aliphatic heterocycles. The summed E-state index contributed by atoms with van der Waals surface area (Å²) in [5.74, 6) is -7.05. The Hall–Kier alpha value is -4.13. The fourth-order valence-corrected chi connectivity index (χ4v) is 4.77. The minimum atomic E-state index is -1.65. The molecule has 0 bridgehead atoms. The van der Waals surface area contributed by atoms with Gasteiger partial charge in [0.05, 0.1) is 19.2 Å². The number of carbonyl (C=O) groups is 7. The van der Waals surface area contributed by atoms with Crippen LogP contribution in [-0.2, 0) is 44.8 Å². The average molecular weight is 574 g/mol. The molecule has 0 aromatic heterocycles. The van der Waals surface area contributed by atoms with Crippen LogP contribution in [0.4, 0.5) is 4.79 Å². The van der Waals surface area contributed by atoms with Crippen molar-refractivity contribution in [3.05, 3.63) is 35.9 Å². The highest BCUT2D eigenvalue weighted by molar-refractivity contribution is 6.37. The quantitative estimate of drug-likeness (QED) is 0.364. The molecular formula is C28H35N3O10. The minimum absolute atomic E-state index is 0.0362. The van der Waals surface area contributed by atoms with Gasteiger partial charge in [0.2, 0.25) is 17.5 Å². The van der Waals surface area contributed by atoms with E-state index in [0.29, 0.717) is 12.0 Å². The normalized spacial score (nSPS) is 19.4. The number of rotatable bonds is 11. The van der Waals surface area contributed by atoms with Crippen LogP contribution in [0.2, 0.25) is 0 Å². The molecule has 2 fully saturated rings. The zero-order valence-electron chi connectivity index (χ0n) is 23.3. The molecule has 2 heterocycles. The zero-order chi connectivity index (χ0) is 30.3. The molecule has 2 saturated heterocycles. The lowest BCUT2D eigenvalue weighted by molar-refractivity contribution is -0.152. The number of ketones is 3. The van der Waals surface area contributed by atoms with E-state index in [1.807, 2.05) is 0 Å². The Bertz CT molecular complexity index is 1190. The van der Waals surface area contributed by atoms with Crippen LogP contribution in [0.5, 0.6) is 0 Å². The summed E-state index contributed by atoms with van der Waals surface area (Å²) in [7, 11) is 0. The summed E-state index contributed by atoms with van der Waals surface area (Å²) in [5.41, 5.74) is -0.137. The number of Topliss-reactive ketones (excluding diaryl/α,β-unsaturated/α-hetero) is 3. The van der Waals surface area contributed by atoms with Crippen molar-refractivity contribution in [2.75, 3.05) is 19.7 Å². The molecule has 0 radical (unpaired) electrons. The summed E-state index contributed by atoms with van der Waals surface area (Å²) in [6.45, 7) is 4.51. The lowest BCUT2D eigenvalue weighted by Gasteiger charge is -2.26. The highest BCUT2D eigenvalue weighted by atomic mass is 16.7. The number of hydroxylamine groups is 2. The number of nitrogens with one attached hydrogen (secondary N) is 1. The number of nitrogens with zero attached hydrogens (tertiary/aromatic N) is 2. The Balaban J connectivity index is 1.59. The maximum Gasteiger partial charge on any atom is 0.435 e. The molecule has 0 spiro atoms. The molecule has 1 aromatic carbocycles. The van der Waals surface area contributed by atoms with E-state index < -0.39 is 77.8 Å². The van der Waals surface area contributed by atoms with Gasteiger partial charge in [0.25, 0.3) is 5.91 Å². The third kappa shape index (κ3) is 8.43. The van der Waals surface area contributed by atoms with Gasteiger partial charge in [0.15, 0.2) is 5.78 Å². The number of likely N-dealkylation sites (tertiary alicyclic amines) is 1. The first-order valence-electron chi connectivity index (χ1n) is 13.4. The van der Waals surface area contributed by atoms with Gasteiger partial charge >= 0.3 is 12.1 Å². The fraction of sp³-hybridized carbons (Fsp3) is 0.536. The summed E-state index contributed by atoms with van der Waals surface area (Å²) < 4.78 is 5.22. The standard InChI is InChI=1S/C28H35N3O10/c1-28(2,3)41-27(39)31-20(11-13-40-31)24(35)29-16-22(33)25(36)30-12-7-10-19(30)21(32)15-18(23(34)26(37)38)14-17-8-5-4-6-9-17/h4-6,8-9,18-20H,7,10-16H2,1-3H3,(H,29,35)(H,37,38)/t18-,19+,20?/m1/s1.